The summed E-state index contributed by atoms with van der Waals surface area (Å²) >= 11 is 5.96. The van der Waals surface area contributed by atoms with Gasteiger partial charge in [-0.1, -0.05) is 35.9 Å². The molecule has 0 radical (unpaired) electrons. The van der Waals surface area contributed by atoms with E-state index in [1.807, 2.05) is 54.3 Å². The second kappa shape index (κ2) is 6.49. The normalized spacial score (nSPS) is 18.3. The molecular formula is C18H19ClN2O. The first kappa shape index (κ1) is 15.0. The molecule has 1 aliphatic rings. The zero-order chi connectivity index (χ0) is 15.5. The van der Waals surface area contributed by atoms with Gasteiger partial charge in [0.25, 0.3) is 5.91 Å². The predicted octanol–water partition coefficient (Wildman–Crippen LogP) is 4.41. The van der Waals surface area contributed by atoms with Crippen molar-refractivity contribution in [2.24, 2.45) is 0 Å². The van der Waals surface area contributed by atoms with Crippen molar-refractivity contribution < 1.29 is 4.79 Å². The van der Waals surface area contributed by atoms with Crippen molar-refractivity contribution in [3.8, 4) is 0 Å². The van der Waals surface area contributed by atoms with Gasteiger partial charge in [-0.05, 0) is 49.9 Å². The van der Waals surface area contributed by atoms with Gasteiger partial charge in [0, 0.05) is 17.8 Å². The van der Waals surface area contributed by atoms with Gasteiger partial charge in [0.05, 0.1) is 6.04 Å². The second-order valence-electron chi connectivity index (χ2n) is 5.68. The average molecular weight is 315 g/mol. The number of pyridine rings is 1. The van der Waals surface area contributed by atoms with Gasteiger partial charge in [-0.3, -0.25) is 4.79 Å². The molecule has 22 heavy (non-hydrogen) atoms. The van der Waals surface area contributed by atoms with Crippen molar-refractivity contribution in [2.75, 3.05) is 6.54 Å². The largest absolute Gasteiger partial charge is 0.332 e. The highest BCUT2D eigenvalue weighted by Gasteiger charge is 2.29. The molecule has 4 heteroatoms. The summed E-state index contributed by atoms with van der Waals surface area (Å²) in [7, 11) is 0. The monoisotopic (exact) mass is 314 g/mol. The lowest BCUT2D eigenvalue weighted by Crippen LogP contribution is -2.38. The van der Waals surface area contributed by atoms with E-state index in [0.717, 1.165) is 42.6 Å². The van der Waals surface area contributed by atoms with Gasteiger partial charge in [-0.2, -0.15) is 0 Å². The van der Waals surface area contributed by atoms with Crippen LogP contribution in [0.3, 0.4) is 0 Å². The lowest BCUT2D eigenvalue weighted by molar-refractivity contribution is 0.0610. The Morgan fingerprint density at radius 2 is 1.95 bits per heavy atom. The summed E-state index contributed by atoms with van der Waals surface area (Å²) in [5.74, 6) is 0.0969. The zero-order valence-electron chi connectivity index (χ0n) is 12.6. The molecule has 1 aliphatic heterocycles. The second-order valence-corrected chi connectivity index (χ2v) is 6.07. The van der Waals surface area contributed by atoms with Crippen molar-refractivity contribution in [3.05, 3.63) is 64.4 Å². The van der Waals surface area contributed by atoms with Crippen LogP contribution in [-0.2, 0) is 0 Å². The summed E-state index contributed by atoms with van der Waals surface area (Å²) in [6.45, 7) is 2.75. The number of nitrogens with zero attached hydrogens (tertiary/aromatic N) is 2. The molecule has 0 unspecified atom stereocenters. The van der Waals surface area contributed by atoms with Crippen LogP contribution in [0.25, 0.3) is 0 Å². The maximum absolute atomic E-state index is 12.8. The van der Waals surface area contributed by atoms with Crippen molar-refractivity contribution in [2.45, 2.75) is 32.2 Å². The Morgan fingerprint density at radius 1 is 1.18 bits per heavy atom. The van der Waals surface area contributed by atoms with Crippen LogP contribution in [0.4, 0.5) is 0 Å². The molecule has 2 heterocycles. The third-order valence-corrected chi connectivity index (χ3v) is 4.45. The first-order valence-electron chi connectivity index (χ1n) is 7.66. The van der Waals surface area contributed by atoms with Crippen LogP contribution >= 0.6 is 11.6 Å². The Morgan fingerprint density at radius 3 is 2.68 bits per heavy atom. The minimum Gasteiger partial charge on any atom is -0.332 e. The van der Waals surface area contributed by atoms with E-state index in [4.69, 9.17) is 11.6 Å². The van der Waals surface area contributed by atoms with Gasteiger partial charge in [-0.15, -0.1) is 0 Å². The van der Waals surface area contributed by atoms with Crippen LogP contribution < -0.4 is 0 Å². The number of amides is 1. The number of likely N-dealkylation sites (tertiary alicyclic amines) is 1. The van der Waals surface area contributed by atoms with Crippen LogP contribution in [0.1, 0.15) is 46.9 Å². The Balaban J connectivity index is 1.93. The van der Waals surface area contributed by atoms with E-state index in [1.54, 1.807) is 0 Å². The standard InChI is InChI=1S/C18H19ClN2O/c1-13-15(10-11-17(19)20-13)16-9-5-6-12-21(16)18(22)14-7-3-2-4-8-14/h2-4,7-8,10-11,16H,5-6,9,12H2,1H3/t16-/m0/s1. The molecule has 1 aromatic carbocycles. The molecule has 114 valence electrons. The molecule has 1 saturated heterocycles. The molecule has 0 bridgehead atoms. The predicted molar refractivity (Wildman–Crippen MR) is 88.1 cm³/mol. The molecule has 1 atom stereocenters. The maximum Gasteiger partial charge on any atom is 0.254 e. The van der Waals surface area contributed by atoms with Gasteiger partial charge in [0.1, 0.15) is 5.15 Å². The number of benzene rings is 1. The number of aryl methyl sites for hydroxylation is 1. The number of halogens is 1. The molecule has 1 aromatic heterocycles. The summed E-state index contributed by atoms with van der Waals surface area (Å²) in [5.41, 5.74) is 2.76. The molecule has 3 nitrogen and oxygen atoms in total. The third kappa shape index (κ3) is 3.00. The summed E-state index contributed by atoms with van der Waals surface area (Å²) in [6, 6.07) is 13.4. The molecule has 3 rings (SSSR count). The lowest BCUT2D eigenvalue weighted by atomic mass is 9.93. The van der Waals surface area contributed by atoms with Crippen LogP contribution in [0.2, 0.25) is 5.15 Å². The molecule has 1 amide bonds. The SMILES string of the molecule is Cc1nc(Cl)ccc1[C@@H]1CCCCN1C(=O)c1ccccc1. The smallest absolute Gasteiger partial charge is 0.254 e. The number of carbonyl (C=O) groups is 1. The molecule has 0 N–H and O–H groups in total. The number of carbonyl (C=O) groups excluding carboxylic acids is 1. The lowest BCUT2D eigenvalue weighted by Gasteiger charge is -2.36. The molecule has 1 fully saturated rings. The first-order valence-corrected chi connectivity index (χ1v) is 8.03. The molecule has 0 aliphatic carbocycles. The fourth-order valence-corrected chi connectivity index (χ4v) is 3.33. The summed E-state index contributed by atoms with van der Waals surface area (Å²) < 4.78 is 0. The Bertz CT molecular complexity index is 672. The van der Waals surface area contributed by atoms with Crippen molar-refractivity contribution in [1.82, 2.24) is 9.88 Å². The minimum atomic E-state index is 0.0891. The highest BCUT2D eigenvalue weighted by Crippen LogP contribution is 2.33. The number of piperidine rings is 1. The number of aromatic nitrogens is 1. The van der Waals surface area contributed by atoms with Crippen molar-refractivity contribution >= 4 is 17.5 Å². The van der Waals surface area contributed by atoms with Crippen LogP contribution in [0.5, 0.6) is 0 Å². The Hall–Kier alpha value is -1.87. The van der Waals surface area contributed by atoms with Gasteiger partial charge < -0.3 is 4.90 Å². The van der Waals surface area contributed by atoms with E-state index in [1.165, 1.54) is 0 Å². The highest BCUT2D eigenvalue weighted by molar-refractivity contribution is 6.29. The summed E-state index contributed by atoms with van der Waals surface area (Å²) in [6.07, 6.45) is 3.16. The topological polar surface area (TPSA) is 33.2 Å². The van der Waals surface area contributed by atoms with Crippen molar-refractivity contribution in [3.63, 3.8) is 0 Å². The zero-order valence-corrected chi connectivity index (χ0v) is 13.4. The van der Waals surface area contributed by atoms with Crippen LogP contribution in [0, 0.1) is 6.92 Å². The Labute approximate surface area is 135 Å². The van der Waals surface area contributed by atoms with E-state index >= 15 is 0 Å². The van der Waals surface area contributed by atoms with Gasteiger partial charge in [-0.25, -0.2) is 4.98 Å². The molecular weight excluding hydrogens is 296 g/mol. The summed E-state index contributed by atoms with van der Waals surface area (Å²) in [4.78, 5) is 19.2. The van der Waals surface area contributed by atoms with E-state index < -0.39 is 0 Å². The van der Waals surface area contributed by atoms with Crippen LogP contribution in [-0.4, -0.2) is 22.3 Å². The van der Waals surface area contributed by atoms with Gasteiger partial charge in [0.15, 0.2) is 0 Å². The minimum absolute atomic E-state index is 0.0891. The molecule has 0 spiro atoms. The Kier molecular flexibility index (Phi) is 4.44. The van der Waals surface area contributed by atoms with E-state index in [0.29, 0.717) is 5.15 Å². The fourth-order valence-electron chi connectivity index (χ4n) is 3.14. The molecule has 0 saturated carbocycles. The van der Waals surface area contributed by atoms with Crippen LogP contribution in [0.15, 0.2) is 42.5 Å². The van der Waals surface area contributed by atoms with E-state index in [9.17, 15) is 4.79 Å². The molecule has 2 aromatic rings. The first-order chi connectivity index (χ1) is 10.7. The van der Waals surface area contributed by atoms with Gasteiger partial charge in [0.2, 0.25) is 0 Å². The fraction of sp³-hybridized carbons (Fsp3) is 0.333. The summed E-state index contributed by atoms with van der Waals surface area (Å²) in [5, 5.41) is 0.498. The van der Waals surface area contributed by atoms with E-state index in [-0.39, 0.29) is 11.9 Å². The quantitative estimate of drug-likeness (QED) is 0.769. The van der Waals surface area contributed by atoms with Gasteiger partial charge >= 0.3 is 0 Å². The third-order valence-electron chi connectivity index (χ3n) is 4.24. The van der Waals surface area contributed by atoms with Crippen molar-refractivity contribution in [1.29, 1.82) is 0 Å². The van der Waals surface area contributed by atoms with E-state index in [2.05, 4.69) is 4.98 Å². The average Bonchev–Trinajstić information content (AvgIpc) is 2.55. The maximum atomic E-state index is 12.8. The number of hydrogen-bond donors (Lipinski definition) is 0. The number of rotatable bonds is 2. The number of hydrogen-bond acceptors (Lipinski definition) is 2. The highest BCUT2D eigenvalue weighted by atomic mass is 35.5.